The highest BCUT2D eigenvalue weighted by Gasteiger charge is 2.12. The number of hydrogen-bond donors (Lipinski definition) is 0. The Morgan fingerprint density at radius 3 is 2.53 bits per heavy atom. The molecule has 0 bridgehead atoms. The van der Waals surface area contributed by atoms with Crippen molar-refractivity contribution in [2.45, 2.75) is 26.8 Å². The Labute approximate surface area is 178 Å². The molecule has 30 heavy (non-hydrogen) atoms. The van der Waals surface area contributed by atoms with Crippen LogP contribution >= 0.6 is 11.3 Å². The van der Waals surface area contributed by atoms with Crippen LogP contribution in [-0.4, -0.2) is 26.0 Å². The maximum Gasteiger partial charge on any atom is 0.206 e. The number of imidazole rings is 1. The summed E-state index contributed by atoms with van der Waals surface area (Å²) in [6.45, 7) is 5.97. The van der Waals surface area contributed by atoms with Crippen molar-refractivity contribution >= 4 is 17.0 Å². The molecular formula is C23H22FN5S. The third-order valence-electron chi connectivity index (χ3n) is 4.54. The largest absolute Gasteiger partial charge is 0.306 e. The van der Waals surface area contributed by atoms with Gasteiger partial charge in [-0.15, -0.1) is 11.3 Å². The summed E-state index contributed by atoms with van der Waals surface area (Å²) in [4.78, 5) is 9.49. The van der Waals surface area contributed by atoms with Crippen LogP contribution in [0.2, 0.25) is 0 Å². The van der Waals surface area contributed by atoms with Gasteiger partial charge in [0.15, 0.2) is 0 Å². The first-order valence-electron chi connectivity index (χ1n) is 9.66. The molecule has 0 saturated carbocycles. The Morgan fingerprint density at radius 1 is 1.10 bits per heavy atom. The Morgan fingerprint density at radius 2 is 1.87 bits per heavy atom. The lowest BCUT2D eigenvalue weighted by atomic mass is 10.1. The number of nitrogens with zero attached hydrogens (tertiary/aromatic N) is 5. The van der Waals surface area contributed by atoms with Crippen LogP contribution in [0.3, 0.4) is 0 Å². The standard InChI is InChI=1S/C23H22FN5S/c1-16(2)26-23-29(22(14-30-23)20-6-4-5-7-21(20)24)27-17(3)18-8-10-19(11-9-18)28-13-12-25-15-28/h4-16H,1-3H3. The maximum absolute atomic E-state index is 14.5. The second-order valence-electron chi connectivity index (χ2n) is 7.12. The van der Waals surface area contributed by atoms with Crippen LogP contribution < -0.4 is 4.80 Å². The summed E-state index contributed by atoms with van der Waals surface area (Å²) < 4.78 is 18.2. The van der Waals surface area contributed by atoms with Gasteiger partial charge in [-0.2, -0.15) is 5.10 Å². The van der Waals surface area contributed by atoms with Crippen molar-refractivity contribution in [1.29, 1.82) is 0 Å². The first-order valence-corrected chi connectivity index (χ1v) is 10.5. The molecule has 4 rings (SSSR count). The van der Waals surface area contributed by atoms with Crippen LogP contribution in [0, 0.1) is 5.82 Å². The lowest BCUT2D eigenvalue weighted by Crippen LogP contribution is -2.16. The van der Waals surface area contributed by atoms with E-state index in [0.717, 1.165) is 21.8 Å². The number of rotatable bonds is 5. The van der Waals surface area contributed by atoms with E-state index in [9.17, 15) is 4.39 Å². The van der Waals surface area contributed by atoms with E-state index in [4.69, 9.17) is 5.10 Å². The van der Waals surface area contributed by atoms with Crippen LogP contribution in [0.5, 0.6) is 0 Å². The minimum absolute atomic E-state index is 0.105. The average molecular weight is 420 g/mol. The summed E-state index contributed by atoms with van der Waals surface area (Å²) in [5.41, 5.74) is 4.01. The molecule has 7 heteroatoms. The SMILES string of the molecule is CC(=Nn1c(-c2ccccc2F)csc1=NC(C)C)c1ccc(-n2ccnc2)cc1. The molecule has 2 aromatic heterocycles. The van der Waals surface area contributed by atoms with Gasteiger partial charge >= 0.3 is 0 Å². The molecule has 0 saturated heterocycles. The van der Waals surface area contributed by atoms with Gasteiger partial charge in [0.05, 0.1) is 17.7 Å². The minimum atomic E-state index is -0.280. The van der Waals surface area contributed by atoms with Crippen molar-refractivity contribution in [2.24, 2.45) is 10.1 Å². The van der Waals surface area contributed by atoms with Crippen LogP contribution in [0.1, 0.15) is 26.3 Å². The molecule has 5 nitrogen and oxygen atoms in total. The smallest absolute Gasteiger partial charge is 0.206 e. The maximum atomic E-state index is 14.5. The monoisotopic (exact) mass is 419 g/mol. The summed E-state index contributed by atoms with van der Waals surface area (Å²) in [7, 11) is 0. The first-order chi connectivity index (χ1) is 14.5. The van der Waals surface area contributed by atoms with Crippen LogP contribution in [0.25, 0.3) is 16.9 Å². The fourth-order valence-electron chi connectivity index (χ4n) is 3.05. The number of hydrogen-bond acceptors (Lipinski definition) is 4. The van der Waals surface area contributed by atoms with Crippen molar-refractivity contribution in [1.82, 2.24) is 14.2 Å². The van der Waals surface area contributed by atoms with Gasteiger partial charge in [-0.1, -0.05) is 24.3 Å². The van der Waals surface area contributed by atoms with E-state index in [1.54, 1.807) is 29.3 Å². The molecule has 2 aromatic carbocycles. The van der Waals surface area contributed by atoms with Gasteiger partial charge in [-0.25, -0.2) is 14.1 Å². The summed E-state index contributed by atoms with van der Waals surface area (Å²) in [5, 5.41) is 6.72. The third kappa shape index (κ3) is 4.16. The molecular weight excluding hydrogens is 397 g/mol. The predicted molar refractivity (Wildman–Crippen MR) is 120 cm³/mol. The highest BCUT2D eigenvalue weighted by molar-refractivity contribution is 7.07. The summed E-state index contributed by atoms with van der Waals surface area (Å²) in [6, 6.07) is 14.9. The zero-order valence-electron chi connectivity index (χ0n) is 17.0. The van der Waals surface area contributed by atoms with Crippen molar-refractivity contribution in [3.8, 4) is 16.9 Å². The average Bonchev–Trinajstić information content (AvgIpc) is 3.39. The van der Waals surface area contributed by atoms with Gasteiger partial charge in [0.2, 0.25) is 4.80 Å². The van der Waals surface area contributed by atoms with Gasteiger partial charge in [0.1, 0.15) is 5.82 Å². The molecule has 4 aromatic rings. The molecule has 0 N–H and O–H groups in total. The molecule has 0 fully saturated rings. The van der Waals surface area contributed by atoms with Gasteiger partial charge in [0.25, 0.3) is 0 Å². The number of benzene rings is 2. The van der Waals surface area contributed by atoms with Crippen molar-refractivity contribution in [2.75, 3.05) is 0 Å². The fourth-order valence-corrected chi connectivity index (χ4v) is 4.01. The van der Waals surface area contributed by atoms with Crippen LogP contribution in [0.15, 0.2) is 82.7 Å². The van der Waals surface area contributed by atoms with E-state index in [1.807, 2.05) is 67.2 Å². The van der Waals surface area contributed by atoms with Crippen molar-refractivity contribution in [3.63, 3.8) is 0 Å². The topological polar surface area (TPSA) is 47.5 Å². The Bertz CT molecular complexity index is 1230. The molecule has 2 heterocycles. The molecule has 0 radical (unpaired) electrons. The highest BCUT2D eigenvalue weighted by Crippen LogP contribution is 2.23. The molecule has 152 valence electrons. The second-order valence-corrected chi connectivity index (χ2v) is 7.96. The van der Waals surface area contributed by atoms with Gasteiger partial charge in [-0.05, 0) is 50.6 Å². The Balaban J connectivity index is 1.78. The zero-order chi connectivity index (χ0) is 21.1. The number of aromatic nitrogens is 3. The summed E-state index contributed by atoms with van der Waals surface area (Å²) >= 11 is 1.46. The van der Waals surface area contributed by atoms with E-state index in [2.05, 4.69) is 9.98 Å². The molecule has 0 aliphatic rings. The Kier molecular flexibility index (Phi) is 5.72. The van der Waals surface area contributed by atoms with Crippen LogP contribution in [-0.2, 0) is 0 Å². The van der Waals surface area contributed by atoms with E-state index in [1.165, 1.54) is 17.4 Å². The molecule has 0 atom stereocenters. The van der Waals surface area contributed by atoms with E-state index >= 15 is 0 Å². The fraction of sp³-hybridized carbons (Fsp3) is 0.174. The minimum Gasteiger partial charge on any atom is -0.306 e. The van der Waals surface area contributed by atoms with Gasteiger partial charge in [0, 0.05) is 35.1 Å². The van der Waals surface area contributed by atoms with E-state index in [-0.39, 0.29) is 11.9 Å². The van der Waals surface area contributed by atoms with Crippen molar-refractivity contribution in [3.05, 3.63) is 88.8 Å². The lowest BCUT2D eigenvalue weighted by Gasteiger charge is -2.08. The highest BCUT2D eigenvalue weighted by atomic mass is 32.1. The van der Waals surface area contributed by atoms with E-state index in [0.29, 0.717) is 11.3 Å². The summed E-state index contributed by atoms with van der Waals surface area (Å²) in [5.74, 6) is -0.280. The van der Waals surface area contributed by atoms with Crippen LogP contribution in [0.4, 0.5) is 4.39 Å². The van der Waals surface area contributed by atoms with Gasteiger partial charge in [-0.3, -0.25) is 4.99 Å². The number of halogens is 1. The molecule has 0 unspecified atom stereocenters. The molecule has 0 aliphatic carbocycles. The first kappa shape index (κ1) is 20.0. The normalized spacial score (nSPS) is 12.7. The zero-order valence-corrected chi connectivity index (χ0v) is 17.8. The Hall–Kier alpha value is -3.32. The summed E-state index contributed by atoms with van der Waals surface area (Å²) in [6.07, 6.45) is 5.41. The molecule has 0 aliphatic heterocycles. The lowest BCUT2D eigenvalue weighted by molar-refractivity contribution is 0.628. The number of thiazole rings is 1. The molecule has 0 spiro atoms. The van der Waals surface area contributed by atoms with Gasteiger partial charge < -0.3 is 4.57 Å². The van der Waals surface area contributed by atoms with E-state index < -0.39 is 0 Å². The molecule has 0 amide bonds. The second kappa shape index (κ2) is 8.59. The third-order valence-corrected chi connectivity index (χ3v) is 5.37. The predicted octanol–water partition coefficient (Wildman–Crippen LogP) is 5.12. The quantitative estimate of drug-likeness (QED) is 0.414. The van der Waals surface area contributed by atoms with Crippen molar-refractivity contribution < 1.29 is 4.39 Å².